The van der Waals surface area contributed by atoms with Gasteiger partial charge in [0.25, 0.3) is 5.91 Å². The first-order valence-electron chi connectivity index (χ1n) is 8.47. The van der Waals surface area contributed by atoms with Gasteiger partial charge in [0.05, 0.1) is 26.5 Å². The van der Waals surface area contributed by atoms with Crippen LogP contribution in [0.15, 0.2) is 66.9 Å². The summed E-state index contributed by atoms with van der Waals surface area (Å²) in [7, 11) is 3.04. The van der Waals surface area contributed by atoms with Gasteiger partial charge in [-0.15, -0.1) is 0 Å². The summed E-state index contributed by atoms with van der Waals surface area (Å²) in [6.45, 7) is 0.630. The van der Waals surface area contributed by atoms with Gasteiger partial charge in [-0.2, -0.15) is 0 Å². The number of aromatic nitrogens is 1. The van der Waals surface area contributed by atoms with E-state index in [0.717, 1.165) is 11.4 Å². The third-order valence-corrected chi connectivity index (χ3v) is 4.00. The molecule has 2 aromatic carbocycles. The summed E-state index contributed by atoms with van der Waals surface area (Å²) in [5.74, 6) is 0.625. The van der Waals surface area contributed by atoms with Crippen LogP contribution in [0, 0.1) is 0 Å². The van der Waals surface area contributed by atoms with Gasteiger partial charge in [-0.05, 0) is 48.5 Å². The minimum absolute atomic E-state index is 0.293. The molecule has 0 bridgehead atoms. The molecule has 1 amide bonds. The van der Waals surface area contributed by atoms with Gasteiger partial charge in [0, 0.05) is 17.6 Å². The van der Waals surface area contributed by atoms with Crippen LogP contribution in [0.2, 0.25) is 0 Å². The lowest BCUT2D eigenvalue weighted by Gasteiger charge is -2.13. The maximum Gasteiger partial charge on any atom is 0.263 e. The molecule has 27 heavy (non-hydrogen) atoms. The summed E-state index contributed by atoms with van der Waals surface area (Å²) in [4.78, 5) is 16.9. The monoisotopic (exact) mass is 363 g/mol. The summed E-state index contributed by atoms with van der Waals surface area (Å²) in [6.07, 6.45) is 1.77. The highest BCUT2D eigenvalue weighted by Gasteiger charge is 2.18. The van der Waals surface area contributed by atoms with E-state index in [1.807, 2.05) is 42.5 Å². The Hall–Kier alpha value is -3.54. The van der Waals surface area contributed by atoms with Crippen LogP contribution in [0.25, 0.3) is 0 Å². The number of rotatable bonds is 7. The number of methoxy groups -OCH3 is 2. The SMILES string of the molecule is COc1cccc(OC)c1C(=O)Nc1ccc(NCc2ccccn2)cc1. The molecule has 6 nitrogen and oxygen atoms in total. The number of amides is 1. The largest absolute Gasteiger partial charge is 0.496 e. The zero-order valence-corrected chi connectivity index (χ0v) is 15.2. The van der Waals surface area contributed by atoms with Crippen molar-refractivity contribution in [3.63, 3.8) is 0 Å². The lowest BCUT2D eigenvalue weighted by atomic mass is 10.1. The molecule has 1 aromatic heterocycles. The number of hydrogen-bond donors (Lipinski definition) is 2. The molecule has 0 saturated heterocycles. The van der Waals surface area contributed by atoms with Crippen molar-refractivity contribution in [3.8, 4) is 11.5 Å². The van der Waals surface area contributed by atoms with E-state index in [2.05, 4.69) is 15.6 Å². The molecule has 0 radical (unpaired) electrons. The highest BCUT2D eigenvalue weighted by atomic mass is 16.5. The molecule has 2 N–H and O–H groups in total. The summed E-state index contributed by atoms with van der Waals surface area (Å²) in [5.41, 5.74) is 2.93. The van der Waals surface area contributed by atoms with Crippen molar-refractivity contribution in [2.45, 2.75) is 6.54 Å². The standard InChI is InChI=1S/C21H21N3O3/c1-26-18-7-5-8-19(27-2)20(18)21(25)24-16-11-9-15(10-12-16)23-14-17-6-3-4-13-22-17/h3-13,23H,14H2,1-2H3,(H,24,25). The number of nitrogens with one attached hydrogen (secondary N) is 2. The maximum atomic E-state index is 12.7. The van der Waals surface area contributed by atoms with Crippen LogP contribution >= 0.6 is 0 Å². The number of hydrogen-bond acceptors (Lipinski definition) is 5. The Morgan fingerprint density at radius 1 is 0.889 bits per heavy atom. The molecule has 0 unspecified atom stereocenters. The normalized spacial score (nSPS) is 10.1. The molecule has 0 spiro atoms. The molecular formula is C21H21N3O3. The average molecular weight is 363 g/mol. The van der Waals surface area contributed by atoms with Crippen molar-refractivity contribution in [1.82, 2.24) is 4.98 Å². The molecule has 0 aliphatic rings. The Labute approximate surface area is 158 Å². The fourth-order valence-corrected chi connectivity index (χ4v) is 2.64. The second kappa shape index (κ2) is 8.71. The van der Waals surface area contributed by atoms with Crippen LogP contribution in [0.3, 0.4) is 0 Å². The molecule has 6 heteroatoms. The molecule has 3 aromatic rings. The molecule has 138 valence electrons. The average Bonchev–Trinajstić information content (AvgIpc) is 2.73. The number of carbonyl (C=O) groups excluding carboxylic acids is 1. The lowest BCUT2D eigenvalue weighted by molar-refractivity contribution is 0.102. The van der Waals surface area contributed by atoms with Crippen molar-refractivity contribution in [2.24, 2.45) is 0 Å². The molecular weight excluding hydrogens is 342 g/mol. The Balaban J connectivity index is 1.67. The fraction of sp³-hybridized carbons (Fsp3) is 0.143. The van der Waals surface area contributed by atoms with Gasteiger partial charge in [0.15, 0.2) is 0 Å². The smallest absolute Gasteiger partial charge is 0.263 e. The van der Waals surface area contributed by atoms with Gasteiger partial charge in [-0.1, -0.05) is 12.1 Å². The van der Waals surface area contributed by atoms with Crippen molar-refractivity contribution < 1.29 is 14.3 Å². The molecule has 0 atom stereocenters. The number of carbonyl (C=O) groups is 1. The first kappa shape index (κ1) is 18.3. The highest BCUT2D eigenvalue weighted by Crippen LogP contribution is 2.29. The summed E-state index contributed by atoms with van der Waals surface area (Å²) in [5, 5.41) is 6.16. The van der Waals surface area contributed by atoms with E-state index in [1.54, 1.807) is 24.4 Å². The fourth-order valence-electron chi connectivity index (χ4n) is 2.64. The number of pyridine rings is 1. The summed E-state index contributed by atoms with van der Waals surface area (Å²) in [6, 6.07) is 18.5. The lowest BCUT2D eigenvalue weighted by Crippen LogP contribution is -2.14. The van der Waals surface area contributed by atoms with E-state index >= 15 is 0 Å². The van der Waals surface area contributed by atoms with E-state index < -0.39 is 0 Å². The van der Waals surface area contributed by atoms with Gasteiger partial charge in [0.1, 0.15) is 17.1 Å². The number of ether oxygens (including phenoxy) is 2. The molecule has 0 aliphatic carbocycles. The molecule has 1 heterocycles. The third kappa shape index (κ3) is 4.55. The Kier molecular flexibility index (Phi) is 5.89. The number of nitrogens with zero attached hydrogens (tertiary/aromatic N) is 1. The first-order chi connectivity index (χ1) is 13.2. The predicted molar refractivity (Wildman–Crippen MR) is 106 cm³/mol. The topological polar surface area (TPSA) is 72.5 Å². The molecule has 0 fully saturated rings. The maximum absolute atomic E-state index is 12.7. The molecule has 3 rings (SSSR count). The van der Waals surface area contributed by atoms with Crippen LogP contribution in [-0.4, -0.2) is 25.1 Å². The van der Waals surface area contributed by atoms with Gasteiger partial charge in [0.2, 0.25) is 0 Å². The second-order valence-corrected chi connectivity index (χ2v) is 5.74. The van der Waals surface area contributed by atoms with Crippen LogP contribution in [-0.2, 0) is 6.54 Å². The van der Waals surface area contributed by atoms with E-state index in [9.17, 15) is 4.79 Å². The zero-order valence-electron chi connectivity index (χ0n) is 15.2. The van der Waals surface area contributed by atoms with Gasteiger partial charge in [-0.3, -0.25) is 9.78 Å². The van der Waals surface area contributed by atoms with Crippen LogP contribution in [0.4, 0.5) is 11.4 Å². The van der Waals surface area contributed by atoms with E-state index in [0.29, 0.717) is 29.3 Å². The van der Waals surface area contributed by atoms with Crippen molar-refractivity contribution in [1.29, 1.82) is 0 Å². The Morgan fingerprint density at radius 3 is 2.15 bits per heavy atom. The predicted octanol–water partition coefficient (Wildman–Crippen LogP) is 3.96. The number of benzene rings is 2. The van der Waals surface area contributed by atoms with E-state index in [4.69, 9.17) is 9.47 Å². The zero-order chi connectivity index (χ0) is 19.1. The summed E-state index contributed by atoms with van der Waals surface area (Å²) < 4.78 is 10.6. The number of anilines is 2. The van der Waals surface area contributed by atoms with Crippen LogP contribution in [0.1, 0.15) is 16.1 Å². The third-order valence-electron chi connectivity index (χ3n) is 4.00. The van der Waals surface area contributed by atoms with Gasteiger partial charge < -0.3 is 20.1 Å². The van der Waals surface area contributed by atoms with Crippen molar-refractivity contribution in [2.75, 3.05) is 24.9 Å². The second-order valence-electron chi connectivity index (χ2n) is 5.74. The minimum Gasteiger partial charge on any atom is -0.496 e. The quantitative estimate of drug-likeness (QED) is 0.665. The summed E-state index contributed by atoms with van der Waals surface area (Å²) >= 11 is 0. The van der Waals surface area contributed by atoms with Crippen LogP contribution in [0.5, 0.6) is 11.5 Å². The van der Waals surface area contributed by atoms with E-state index in [1.165, 1.54) is 14.2 Å². The first-order valence-corrected chi connectivity index (χ1v) is 8.47. The molecule has 0 aliphatic heterocycles. The van der Waals surface area contributed by atoms with E-state index in [-0.39, 0.29) is 5.91 Å². The highest BCUT2D eigenvalue weighted by molar-refractivity contribution is 6.08. The Bertz CT molecular complexity index is 874. The van der Waals surface area contributed by atoms with Gasteiger partial charge in [-0.25, -0.2) is 0 Å². The minimum atomic E-state index is -0.293. The Morgan fingerprint density at radius 2 is 1.56 bits per heavy atom. The van der Waals surface area contributed by atoms with Crippen molar-refractivity contribution >= 4 is 17.3 Å². The van der Waals surface area contributed by atoms with Crippen LogP contribution < -0.4 is 20.1 Å². The van der Waals surface area contributed by atoms with Crippen molar-refractivity contribution in [3.05, 3.63) is 78.1 Å². The van der Waals surface area contributed by atoms with Gasteiger partial charge >= 0.3 is 0 Å². The molecule has 0 saturated carbocycles.